The highest BCUT2D eigenvalue weighted by atomic mass is 32.2. The molecule has 1 unspecified atom stereocenters. The Morgan fingerprint density at radius 2 is 2.17 bits per heavy atom. The second-order valence-electron chi connectivity index (χ2n) is 3.45. The minimum atomic E-state index is -4.50. The van der Waals surface area contributed by atoms with Crippen molar-refractivity contribution in [1.82, 2.24) is 4.98 Å². The summed E-state index contributed by atoms with van der Waals surface area (Å²) in [6, 6.07) is 2.01. The molecule has 98 valence electrons. The number of nitriles is 1. The van der Waals surface area contributed by atoms with Crippen molar-refractivity contribution in [3.8, 4) is 6.19 Å². The van der Waals surface area contributed by atoms with Crippen LogP contribution in [0.5, 0.6) is 0 Å². The Hall–Kier alpha value is -1.62. The Morgan fingerprint density at radius 1 is 1.50 bits per heavy atom. The van der Waals surface area contributed by atoms with Crippen LogP contribution in [0, 0.1) is 11.5 Å². The van der Waals surface area contributed by atoms with Gasteiger partial charge in [-0.1, -0.05) is 13.0 Å². The lowest BCUT2D eigenvalue weighted by molar-refractivity contribution is -0.141. The summed E-state index contributed by atoms with van der Waals surface area (Å²) in [7, 11) is -2.74. The van der Waals surface area contributed by atoms with Gasteiger partial charge >= 0.3 is 6.18 Å². The molecule has 0 spiro atoms. The average Bonchev–Trinajstić information content (AvgIpc) is 2.29. The van der Waals surface area contributed by atoms with Gasteiger partial charge in [0.15, 0.2) is 0 Å². The third kappa shape index (κ3) is 3.70. The molecule has 1 aromatic rings. The molecule has 0 N–H and O–H groups in total. The number of halogens is 3. The molecule has 1 heterocycles. The quantitative estimate of drug-likeness (QED) is 0.797. The number of hydrogen-bond donors (Lipinski definition) is 0. The van der Waals surface area contributed by atoms with Crippen LogP contribution in [-0.4, -0.2) is 14.9 Å². The van der Waals surface area contributed by atoms with Crippen molar-refractivity contribution in [3.05, 3.63) is 29.6 Å². The number of aromatic nitrogens is 1. The summed E-state index contributed by atoms with van der Waals surface area (Å²) in [5.74, 6) is 0.0732. The fraction of sp³-hybridized carbons (Fsp3) is 0.400. The maximum Gasteiger partial charge on any atom is 0.433 e. The first-order chi connectivity index (χ1) is 8.30. The van der Waals surface area contributed by atoms with Gasteiger partial charge in [-0.25, -0.2) is 4.21 Å². The normalized spacial score (nSPS) is 14.6. The van der Waals surface area contributed by atoms with Gasteiger partial charge < -0.3 is 0 Å². The summed E-state index contributed by atoms with van der Waals surface area (Å²) >= 11 is 0. The third-order valence-electron chi connectivity index (χ3n) is 2.17. The van der Waals surface area contributed by atoms with E-state index in [0.29, 0.717) is 5.56 Å². The molecule has 0 saturated carbocycles. The topological polar surface area (TPSA) is 66.1 Å². The molecule has 0 aliphatic carbocycles. The average molecular weight is 277 g/mol. The van der Waals surface area contributed by atoms with Gasteiger partial charge in [0, 0.05) is 11.9 Å². The monoisotopic (exact) mass is 277 g/mol. The fourth-order valence-electron chi connectivity index (χ4n) is 1.21. The third-order valence-corrected chi connectivity index (χ3v) is 4.27. The zero-order valence-electron chi connectivity index (χ0n) is 9.44. The Morgan fingerprint density at radius 3 is 2.56 bits per heavy atom. The van der Waals surface area contributed by atoms with Crippen LogP contribution in [0.2, 0.25) is 0 Å². The SMILES string of the molecule is CCS(=O)(Cc1ccc(C(F)(F)F)nc1)=NC#N. The fourth-order valence-corrected chi connectivity index (χ4v) is 2.45. The highest BCUT2D eigenvalue weighted by molar-refractivity contribution is 7.92. The van der Waals surface area contributed by atoms with Crippen molar-refractivity contribution in [3.63, 3.8) is 0 Å². The molecule has 0 aromatic carbocycles. The Kier molecular flexibility index (Phi) is 4.29. The molecule has 0 amide bonds. The highest BCUT2D eigenvalue weighted by Crippen LogP contribution is 2.27. The molecule has 0 aliphatic rings. The molecule has 0 bridgehead atoms. The molecule has 8 heteroatoms. The first-order valence-corrected chi connectivity index (χ1v) is 6.79. The minimum absolute atomic E-state index is 0.0812. The molecule has 1 rings (SSSR count). The second kappa shape index (κ2) is 5.35. The van der Waals surface area contributed by atoms with Crippen molar-refractivity contribution in [2.24, 2.45) is 4.36 Å². The van der Waals surface area contributed by atoms with Crippen LogP contribution in [0.25, 0.3) is 0 Å². The zero-order valence-corrected chi connectivity index (χ0v) is 10.3. The predicted molar refractivity (Wildman–Crippen MR) is 59.7 cm³/mol. The predicted octanol–water partition coefficient (Wildman–Crippen LogP) is 2.57. The van der Waals surface area contributed by atoms with Crippen molar-refractivity contribution in [1.29, 1.82) is 5.26 Å². The molecule has 0 saturated heterocycles. The second-order valence-corrected chi connectivity index (χ2v) is 6.04. The van der Waals surface area contributed by atoms with Gasteiger partial charge in [0.25, 0.3) is 0 Å². The summed E-state index contributed by atoms with van der Waals surface area (Å²) in [4.78, 5) is 3.25. The standard InChI is InChI=1S/C10H10F3N3OS/c1-2-18(17,16-7-14)6-8-3-4-9(15-5-8)10(11,12)13/h3-5H,2,6H2,1H3. The molecule has 1 aromatic heterocycles. The highest BCUT2D eigenvalue weighted by Gasteiger charge is 2.32. The van der Waals surface area contributed by atoms with Crippen LogP contribution in [0.1, 0.15) is 18.2 Å². The van der Waals surface area contributed by atoms with E-state index in [1.807, 2.05) is 0 Å². The first-order valence-electron chi connectivity index (χ1n) is 4.93. The van der Waals surface area contributed by atoms with E-state index in [4.69, 9.17) is 5.26 Å². The molecule has 18 heavy (non-hydrogen) atoms. The van der Waals surface area contributed by atoms with Crippen LogP contribution in [-0.2, 0) is 21.7 Å². The van der Waals surface area contributed by atoms with Gasteiger partial charge in [-0.3, -0.25) is 4.98 Å². The molecular weight excluding hydrogens is 267 g/mol. The Bertz CT molecular complexity index is 566. The summed E-state index contributed by atoms with van der Waals surface area (Å²) in [6.07, 6.45) is -2.03. The Balaban J connectivity index is 2.99. The summed E-state index contributed by atoms with van der Waals surface area (Å²) < 4.78 is 52.1. The number of alkyl halides is 3. The van der Waals surface area contributed by atoms with Crippen LogP contribution >= 0.6 is 0 Å². The summed E-state index contributed by atoms with van der Waals surface area (Å²) in [6.45, 7) is 1.60. The van der Waals surface area contributed by atoms with Gasteiger partial charge in [-0.05, 0) is 11.6 Å². The van der Waals surface area contributed by atoms with Gasteiger partial charge in [-0.2, -0.15) is 18.4 Å². The van der Waals surface area contributed by atoms with Gasteiger partial charge in [0.05, 0.1) is 15.5 Å². The number of hydrogen-bond acceptors (Lipinski definition) is 4. The molecule has 1 atom stereocenters. The number of pyridine rings is 1. The van der Waals surface area contributed by atoms with E-state index in [1.165, 1.54) is 12.3 Å². The van der Waals surface area contributed by atoms with E-state index in [0.717, 1.165) is 12.3 Å². The van der Waals surface area contributed by atoms with Crippen molar-refractivity contribution in [2.75, 3.05) is 5.75 Å². The first kappa shape index (κ1) is 14.4. The van der Waals surface area contributed by atoms with E-state index in [9.17, 15) is 17.4 Å². The largest absolute Gasteiger partial charge is 0.433 e. The molecule has 0 fully saturated rings. The van der Waals surface area contributed by atoms with Crippen molar-refractivity contribution in [2.45, 2.75) is 18.9 Å². The number of nitrogens with zero attached hydrogens (tertiary/aromatic N) is 3. The van der Waals surface area contributed by atoms with Gasteiger partial charge in [-0.15, -0.1) is 4.36 Å². The lowest BCUT2D eigenvalue weighted by Crippen LogP contribution is -2.10. The van der Waals surface area contributed by atoms with Crippen molar-refractivity contribution < 1.29 is 17.4 Å². The van der Waals surface area contributed by atoms with Crippen LogP contribution in [0.3, 0.4) is 0 Å². The van der Waals surface area contributed by atoms with E-state index in [-0.39, 0.29) is 11.5 Å². The molecular formula is C10H10F3N3OS. The minimum Gasteiger partial charge on any atom is -0.251 e. The number of rotatable bonds is 3. The maximum atomic E-state index is 12.3. The van der Waals surface area contributed by atoms with E-state index < -0.39 is 21.6 Å². The smallest absolute Gasteiger partial charge is 0.251 e. The zero-order chi connectivity index (χ0) is 13.8. The Labute approximate surface area is 103 Å². The van der Waals surface area contributed by atoms with Crippen LogP contribution < -0.4 is 0 Å². The van der Waals surface area contributed by atoms with Crippen LogP contribution in [0.15, 0.2) is 22.7 Å². The lowest BCUT2D eigenvalue weighted by atomic mass is 10.3. The van der Waals surface area contributed by atoms with Crippen LogP contribution in [0.4, 0.5) is 13.2 Å². The maximum absolute atomic E-state index is 12.3. The lowest BCUT2D eigenvalue weighted by Gasteiger charge is -2.08. The van der Waals surface area contributed by atoms with Gasteiger partial charge in [0.1, 0.15) is 5.69 Å². The molecule has 0 aliphatic heterocycles. The van der Waals surface area contributed by atoms with E-state index in [2.05, 4.69) is 9.35 Å². The summed E-state index contributed by atoms with van der Waals surface area (Å²) in [5.41, 5.74) is -0.652. The van der Waals surface area contributed by atoms with Crippen molar-refractivity contribution >= 4 is 9.73 Å². The molecule has 4 nitrogen and oxygen atoms in total. The summed E-state index contributed by atoms with van der Waals surface area (Å²) in [5, 5.41) is 8.40. The van der Waals surface area contributed by atoms with E-state index >= 15 is 0 Å². The molecule has 0 radical (unpaired) electrons. The van der Waals surface area contributed by atoms with E-state index in [1.54, 1.807) is 6.92 Å². The van der Waals surface area contributed by atoms with Gasteiger partial charge in [0.2, 0.25) is 6.19 Å².